The Morgan fingerprint density at radius 2 is 2.38 bits per heavy atom. The van der Waals surface area contributed by atoms with E-state index in [-0.39, 0.29) is 6.10 Å². The number of hydrogen-bond donors (Lipinski definition) is 1. The van der Waals surface area contributed by atoms with Crippen LogP contribution in [0.5, 0.6) is 0 Å². The van der Waals surface area contributed by atoms with E-state index in [4.69, 9.17) is 5.11 Å². The van der Waals surface area contributed by atoms with E-state index in [0.29, 0.717) is 6.04 Å². The molecule has 2 atom stereocenters. The quantitative estimate of drug-likeness (QED) is 0.475. The van der Waals surface area contributed by atoms with E-state index in [1.165, 1.54) is 0 Å². The van der Waals surface area contributed by atoms with Gasteiger partial charge in [-0.05, 0) is 20.4 Å². The van der Waals surface area contributed by atoms with Crippen molar-refractivity contribution in [1.29, 1.82) is 0 Å². The van der Waals surface area contributed by atoms with Crippen LogP contribution in [0.1, 0.15) is 6.42 Å². The van der Waals surface area contributed by atoms with Crippen LogP contribution in [0.2, 0.25) is 0 Å². The van der Waals surface area contributed by atoms with Crippen LogP contribution < -0.4 is 0 Å². The molecule has 0 aromatic rings. The minimum absolute atomic E-state index is 0.137. The monoisotopic (exact) mass is 114 g/mol. The van der Waals surface area contributed by atoms with Gasteiger partial charge in [-0.2, -0.15) is 0 Å². The van der Waals surface area contributed by atoms with Crippen molar-refractivity contribution < 1.29 is 5.11 Å². The molecular formula is C6H12NO. The molecule has 0 bridgehead atoms. The molecule has 0 aliphatic carbocycles. The molecule has 2 heteroatoms. The summed E-state index contributed by atoms with van der Waals surface area (Å²) in [7, 11) is 1.98. The van der Waals surface area contributed by atoms with Crippen LogP contribution in [-0.2, 0) is 0 Å². The lowest BCUT2D eigenvalue weighted by molar-refractivity contribution is 0.182. The largest absolute Gasteiger partial charge is 0.392 e. The number of aliphatic hydroxyl groups excluding tert-OH is 1. The normalized spacial score (nSPS) is 40.9. The van der Waals surface area contributed by atoms with Crippen molar-refractivity contribution in [2.24, 2.45) is 0 Å². The van der Waals surface area contributed by atoms with Gasteiger partial charge in [-0.3, -0.25) is 0 Å². The van der Waals surface area contributed by atoms with Gasteiger partial charge < -0.3 is 10.0 Å². The summed E-state index contributed by atoms with van der Waals surface area (Å²) in [6.45, 7) is 4.62. The van der Waals surface area contributed by atoms with Crippen LogP contribution in [-0.4, -0.2) is 35.7 Å². The maximum atomic E-state index is 8.99. The summed E-state index contributed by atoms with van der Waals surface area (Å²) in [5, 5.41) is 8.99. The number of hydrogen-bond acceptors (Lipinski definition) is 2. The fourth-order valence-electron chi connectivity index (χ4n) is 1.05. The van der Waals surface area contributed by atoms with Crippen LogP contribution in [0.4, 0.5) is 0 Å². The lowest BCUT2D eigenvalue weighted by Gasteiger charge is -2.11. The van der Waals surface area contributed by atoms with E-state index < -0.39 is 0 Å². The molecule has 0 amide bonds. The average molecular weight is 114 g/mol. The lowest BCUT2D eigenvalue weighted by atomic mass is 10.2. The molecule has 8 heavy (non-hydrogen) atoms. The topological polar surface area (TPSA) is 23.5 Å². The summed E-state index contributed by atoms with van der Waals surface area (Å²) in [6, 6.07) is 0.324. The Balaban J connectivity index is 2.39. The van der Waals surface area contributed by atoms with Crippen molar-refractivity contribution in [3.8, 4) is 0 Å². The summed E-state index contributed by atoms with van der Waals surface area (Å²) < 4.78 is 0. The first-order valence-corrected chi connectivity index (χ1v) is 2.91. The molecule has 0 saturated carbocycles. The fraction of sp³-hybridized carbons (Fsp3) is 0.833. The molecule has 1 N–H and O–H groups in total. The zero-order chi connectivity index (χ0) is 6.15. The van der Waals surface area contributed by atoms with Crippen LogP contribution >= 0.6 is 0 Å². The molecule has 0 aromatic carbocycles. The number of nitrogens with zero attached hydrogens (tertiary/aromatic N) is 1. The second-order valence-corrected chi connectivity index (χ2v) is 2.48. The van der Waals surface area contributed by atoms with Gasteiger partial charge in [0.1, 0.15) is 0 Å². The molecule has 0 aromatic heterocycles. The van der Waals surface area contributed by atoms with Gasteiger partial charge in [0.25, 0.3) is 0 Å². The van der Waals surface area contributed by atoms with Crippen molar-refractivity contribution in [2.75, 3.05) is 13.6 Å². The van der Waals surface area contributed by atoms with Gasteiger partial charge in [0.15, 0.2) is 0 Å². The van der Waals surface area contributed by atoms with E-state index in [0.717, 1.165) is 13.0 Å². The van der Waals surface area contributed by atoms with Crippen LogP contribution in [0, 0.1) is 6.92 Å². The lowest BCUT2D eigenvalue weighted by Crippen LogP contribution is -2.22. The third kappa shape index (κ3) is 1.01. The number of likely N-dealkylation sites (N-methyl/N-ethyl adjacent to an activating group) is 1. The Hall–Kier alpha value is -0.0800. The Morgan fingerprint density at radius 1 is 1.75 bits per heavy atom. The molecule has 1 rings (SSSR count). The van der Waals surface area contributed by atoms with Crippen molar-refractivity contribution in [3.63, 3.8) is 0 Å². The predicted molar refractivity (Wildman–Crippen MR) is 32.4 cm³/mol. The van der Waals surface area contributed by atoms with E-state index in [2.05, 4.69) is 11.8 Å². The molecule has 47 valence electrons. The van der Waals surface area contributed by atoms with Gasteiger partial charge in [-0.15, -0.1) is 0 Å². The third-order valence-electron chi connectivity index (χ3n) is 1.67. The Labute approximate surface area is 50.1 Å². The van der Waals surface area contributed by atoms with Gasteiger partial charge in [0.05, 0.1) is 6.10 Å². The number of aliphatic hydroxyl groups is 1. The van der Waals surface area contributed by atoms with E-state index in [1.54, 1.807) is 0 Å². The molecule has 1 heterocycles. The van der Waals surface area contributed by atoms with Gasteiger partial charge in [-0.25, -0.2) is 0 Å². The van der Waals surface area contributed by atoms with Crippen molar-refractivity contribution >= 4 is 0 Å². The Morgan fingerprint density at radius 3 is 2.50 bits per heavy atom. The molecule has 1 radical (unpaired) electrons. The standard InChI is InChI=1S/C6H12NO/c1-5-3-6(8)4-7(5)2/h5-6,8H,1,3-4H2,2H3. The van der Waals surface area contributed by atoms with Crippen LogP contribution in [0.3, 0.4) is 0 Å². The van der Waals surface area contributed by atoms with Crippen molar-refractivity contribution in [1.82, 2.24) is 4.90 Å². The van der Waals surface area contributed by atoms with Crippen LogP contribution in [0.25, 0.3) is 0 Å². The first-order valence-electron chi connectivity index (χ1n) is 2.91. The number of rotatable bonds is 0. The SMILES string of the molecule is [CH2]C1CC(O)CN1C. The average Bonchev–Trinajstić information content (AvgIpc) is 1.85. The molecule has 0 spiro atoms. The number of likely N-dealkylation sites (tertiary alicyclic amines) is 1. The molecule has 1 saturated heterocycles. The van der Waals surface area contributed by atoms with Crippen molar-refractivity contribution in [2.45, 2.75) is 18.6 Å². The molecule has 1 aliphatic rings. The summed E-state index contributed by atoms with van der Waals surface area (Å²) in [5.74, 6) is 0. The molecule has 1 fully saturated rings. The first kappa shape index (κ1) is 6.05. The molecular weight excluding hydrogens is 102 g/mol. The maximum absolute atomic E-state index is 8.99. The zero-order valence-corrected chi connectivity index (χ0v) is 5.17. The molecule has 2 nitrogen and oxygen atoms in total. The van der Waals surface area contributed by atoms with Gasteiger partial charge in [-0.1, -0.05) is 0 Å². The Kier molecular flexibility index (Phi) is 1.54. The summed E-state index contributed by atoms with van der Waals surface area (Å²) >= 11 is 0. The third-order valence-corrected chi connectivity index (χ3v) is 1.67. The van der Waals surface area contributed by atoms with Gasteiger partial charge in [0.2, 0.25) is 0 Å². The Bertz CT molecular complexity index is 74.6. The second kappa shape index (κ2) is 2.03. The highest BCUT2D eigenvalue weighted by molar-refractivity contribution is 4.83. The number of β-amino-alcohol motifs (C(OH)–C–C–N with tert-alkyl or cyclic N) is 1. The van der Waals surface area contributed by atoms with E-state index in [1.807, 2.05) is 7.05 Å². The minimum Gasteiger partial charge on any atom is -0.392 e. The van der Waals surface area contributed by atoms with E-state index >= 15 is 0 Å². The summed E-state index contributed by atoms with van der Waals surface area (Å²) in [5.41, 5.74) is 0. The van der Waals surface area contributed by atoms with Crippen LogP contribution in [0.15, 0.2) is 0 Å². The van der Waals surface area contributed by atoms with Crippen molar-refractivity contribution in [3.05, 3.63) is 6.92 Å². The predicted octanol–water partition coefficient (Wildman–Crippen LogP) is -0.115. The highest BCUT2D eigenvalue weighted by atomic mass is 16.3. The first-order chi connectivity index (χ1) is 3.70. The molecule has 1 aliphatic heterocycles. The fourth-order valence-corrected chi connectivity index (χ4v) is 1.05. The molecule has 2 unspecified atom stereocenters. The minimum atomic E-state index is -0.137. The smallest absolute Gasteiger partial charge is 0.0682 e. The maximum Gasteiger partial charge on any atom is 0.0682 e. The van der Waals surface area contributed by atoms with E-state index in [9.17, 15) is 0 Å². The highest BCUT2D eigenvalue weighted by Crippen LogP contribution is 2.13. The summed E-state index contributed by atoms with van der Waals surface area (Å²) in [6.07, 6.45) is 0.693. The zero-order valence-electron chi connectivity index (χ0n) is 5.17. The highest BCUT2D eigenvalue weighted by Gasteiger charge is 2.23. The summed E-state index contributed by atoms with van der Waals surface area (Å²) in [4.78, 5) is 2.06. The van der Waals surface area contributed by atoms with Gasteiger partial charge in [0, 0.05) is 12.6 Å². The second-order valence-electron chi connectivity index (χ2n) is 2.48. The van der Waals surface area contributed by atoms with Gasteiger partial charge >= 0.3 is 0 Å².